The van der Waals surface area contributed by atoms with Gasteiger partial charge >= 0.3 is 5.97 Å². The van der Waals surface area contributed by atoms with Crippen molar-refractivity contribution >= 4 is 5.97 Å². The van der Waals surface area contributed by atoms with Crippen molar-refractivity contribution in [2.24, 2.45) is 0 Å². The standard InChI is InChI=1S/C27H32O6/c28-27(14-3-19-1-8-22(9-2-19)29-15-25-17-31-25)33-24-12-6-21(7-13-24)20-4-10-23(11-5-20)30-16-26-18-32-26/h1-2,4-5,8-11,21,24-26H,3,6-7,12-18H2. The van der Waals surface area contributed by atoms with Crippen LogP contribution in [0, 0.1) is 0 Å². The highest BCUT2D eigenvalue weighted by Gasteiger charge is 2.26. The molecule has 6 heteroatoms. The Morgan fingerprint density at radius 3 is 1.88 bits per heavy atom. The molecule has 2 aliphatic heterocycles. The number of rotatable bonds is 11. The van der Waals surface area contributed by atoms with E-state index in [1.165, 1.54) is 5.56 Å². The van der Waals surface area contributed by atoms with Crippen LogP contribution in [0.15, 0.2) is 48.5 Å². The normalized spacial score (nSPS) is 25.8. The molecule has 5 rings (SSSR count). The van der Waals surface area contributed by atoms with Gasteiger partial charge in [0.05, 0.1) is 13.2 Å². The molecule has 2 saturated heterocycles. The lowest BCUT2D eigenvalue weighted by atomic mass is 9.83. The molecule has 3 aliphatic rings. The van der Waals surface area contributed by atoms with Crippen molar-refractivity contribution in [1.82, 2.24) is 0 Å². The summed E-state index contributed by atoms with van der Waals surface area (Å²) >= 11 is 0. The molecule has 176 valence electrons. The summed E-state index contributed by atoms with van der Waals surface area (Å²) in [7, 11) is 0. The van der Waals surface area contributed by atoms with E-state index in [9.17, 15) is 4.79 Å². The topological polar surface area (TPSA) is 69.8 Å². The van der Waals surface area contributed by atoms with Gasteiger partial charge in [0.1, 0.15) is 43.0 Å². The molecule has 2 atom stereocenters. The third kappa shape index (κ3) is 6.95. The molecule has 0 spiro atoms. The van der Waals surface area contributed by atoms with Crippen molar-refractivity contribution in [3.63, 3.8) is 0 Å². The molecule has 2 heterocycles. The fourth-order valence-corrected chi connectivity index (χ4v) is 4.30. The van der Waals surface area contributed by atoms with Gasteiger partial charge in [0.25, 0.3) is 0 Å². The van der Waals surface area contributed by atoms with Crippen LogP contribution in [0.2, 0.25) is 0 Å². The smallest absolute Gasteiger partial charge is 0.306 e. The zero-order chi connectivity index (χ0) is 22.5. The van der Waals surface area contributed by atoms with Crippen molar-refractivity contribution in [2.75, 3.05) is 26.4 Å². The number of carbonyl (C=O) groups excluding carboxylic acids is 1. The summed E-state index contributed by atoms with van der Waals surface area (Å²) in [5.41, 5.74) is 2.45. The first-order valence-corrected chi connectivity index (χ1v) is 12.1. The molecule has 0 N–H and O–H groups in total. The van der Waals surface area contributed by atoms with Crippen LogP contribution in [0.25, 0.3) is 0 Å². The number of hydrogen-bond acceptors (Lipinski definition) is 6. The van der Waals surface area contributed by atoms with Crippen LogP contribution < -0.4 is 9.47 Å². The summed E-state index contributed by atoms with van der Waals surface area (Å²) in [6.45, 7) is 2.84. The molecular formula is C27H32O6. The van der Waals surface area contributed by atoms with Gasteiger partial charge in [-0.1, -0.05) is 24.3 Å². The van der Waals surface area contributed by atoms with E-state index in [2.05, 4.69) is 12.1 Å². The average Bonchev–Trinajstić information content (AvgIpc) is 3.77. The maximum Gasteiger partial charge on any atom is 0.306 e. The van der Waals surface area contributed by atoms with Crippen LogP contribution in [-0.2, 0) is 25.4 Å². The highest BCUT2D eigenvalue weighted by molar-refractivity contribution is 5.70. The van der Waals surface area contributed by atoms with Crippen LogP contribution in [0.4, 0.5) is 0 Å². The number of aryl methyl sites for hydroxylation is 1. The van der Waals surface area contributed by atoms with Crippen LogP contribution >= 0.6 is 0 Å². The minimum absolute atomic E-state index is 0.0373. The molecule has 1 saturated carbocycles. The first-order valence-electron chi connectivity index (χ1n) is 12.1. The molecule has 1 aliphatic carbocycles. The van der Waals surface area contributed by atoms with E-state index in [0.717, 1.165) is 56.0 Å². The number of carbonyl (C=O) groups is 1. The Balaban J connectivity index is 0.993. The van der Waals surface area contributed by atoms with E-state index < -0.39 is 0 Å². The molecule has 0 aromatic heterocycles. The molecule has 2 unspecified atom stereocenters. The summed E-state index contributed by atoms with van der Waals surface area (Å²) in [5.74, 6) is 2.15. The van der Waals surface area contributed by atoms with Gasteiger partial charge in [-0.15, -0.1) is 0 Å². The molecule has 2 aromatic carbocycles. The van der Waals surface area contributed by atoms with Crippen molar-refractivity contribution < 1.29 is 28.5 Å². The van der Waals surface area contributed by atoms with Gasteiger partial charge in [0.2, 0.25) is 0 Å². The molecule has 0 radical (unpaired) electrons. The Hall–Kier alpha value is -2.57. The lowest BCUT2D eigenvalue weighted by Gasteiger charge is -2.28. The first kappa shape index (κ1) is 22.2. The molecule has 3 fully saturated rings. The summed E-state index contributed by atoms with van der Waals surface area (Å²) in [4.78, 5) is 12.4. The van der Waals surface area contributed by atoms with Gasteiger partial charge < -0.3 is 23.7 Å². The maximum absolute atomic E-state index is 12.4. The number of esters is 1. The molecule has 2 aromatic rings. The van der Waals surface area contributed by atoms with E-state index in [1.807, 2.05) is 36.4 Å². The first-order chi connectivity index (χ1) is 16.2. The Morgan fingerprint density at radius 2 is 1.33 bits per heavy atom. The fourth-order valence-electron chi connectivity index (χ4n) is 4.30. The zero-order valence-electron chi connectivity index (χ0n) is 18.9. The van der Waals surface area contributed by atoms with E-state index >= 15 is 0 Å². The maximum atomic E-state index is 12.4. The molecular weight excluding hydrogens is 420 g/mol. The predicted octanol–water partition coefficient (Wildman–Crippen LogP) is 4.44. The number of ether oxygens (including phenoxy) is 5. The minimum Gasteiger partial charge on any atom is -0.491 e. The lowest BCUT2D eigenvalue weighted by Crippen LogP contribution is -2.24. The van der Waals surface area contributed by atoms with Gasteiger partial charge in [-0.25, -0.2) is 0 Å². The SMILES string of the molecule is O=C(CCc1ccc(OCC2CO2)cc1)OC1CCC(c2ccc(OCC3CO3)cc2)CC1. The van der Waals surface area contributed by atoms with Crippen LogP contribution in [0.3, 0.4) is 0 Å². The zero-order valence-corrected chi connectivity index (χ0v) is 18.9. The highest BCUT2D eigenvalue weighted by Crippen LogP contribution is 2.35. The Labute approximate surface area is 195 Å². The lowest BCUT2D eigenvalue weighted by molar-refractivity contribution is -0.150. The second-order valence-electron chi connectivity index (χ2n) is 9.21. The molecule has 6 nitrogen and oxygen atoms in total. The molecule has 0 amide bonds. The predicted molar refractivity (Wildman–Crippen MR) is 123 cm³/mol. The fraction of sp³-hybridized carbons (Fsp3) is 0.519. The van der Waals surface area contributed by atoms with Crippen molar-refractivity contribution in [2.45, 2.75) is 62.8 Å². The van der Waals surface area contributed by atoms with E-state index in [4.69, 9.17) is 23.7 Å². The number of hydrogen-bond donors (Lipinski definition) is 0. The van der Waals surface area contributed by atoms with Gasteiger partial charge in [0, 0.05) is 6.42 Å². The van der Waals surface area contributed by atoms with Crippen molar-refractivity contribution in [3.05, 3.63) is 59.7 Å². The van der Waals surface area contributed by atoms with Gasteiger partial charge in [-0.2, -0.15) is 0 Å². The Bertz CT molecular complexity index is 893. The van der Waals surface area contributed by atoms with Gasteiger partial charge in [-0.05, 0) is 73.4 Å². The second-order valence-corrected chi connectivity index (χ2v) is 9.21. The summed E-state index contributed by atoms with van der Waals surface area (Å²) in [6.07, 6.45) is 5.58. The number of epoxide rings is 2. The third-order valence-corrected chi connectivity index (χ3v) is 6.54. The molecule has 0 bridgehead atoms. The monoisotopic (exact) mass is 452 g/mol. The van der Waals surface area contributed by atoms with Crippen LogP contribution in [0.5, 0.6) is 11.5 Å². The molecule has 33 heavy (non-hydrogen) atoms. The van der Waals surface area contributed by atoms with Crippen LogP contribution in [-0.4, -0.2) is 50.7 Å². The largest absolute Gasteiger partial charge is 0.491 e. The third-order valence-electron chi connectivity index (χ3n) is 6.54. The summed E-state index contributed by atoms with van der Waals surface area (Å²) < 4.78 is 27.5. The van der Waals surface area contributed by atoms with Crippen molar-refractivity contribution in [3.8, 4) is 11.5 Å². The quantitative estimate of drug-likeness (QED) is 0.371. The van der Waals surface area contributed by atoms with E-state index in [1.54, 1.807) is 0 Å². The Kier molecular flexibility index (Phi) is 7.12. The second kappa shape index (κ2) is 10.6. The van der Waals surface area contributed by atoms with Crippen LogP contribution in [0.1, 0.15) is 49.1 Å². The summed E-state index contributed by atoms with van der Waals surface area (Å²) in [5, 5.41) is 0. The van der Waals surface area contributed by atoms with Gasteiger partial charge in [0.15, 0.2) is 0 Å². The van der Waals surface area contributed by atoms with Crippen molar-refractivity contribution in [1.29, 1.82) is 0 Å². The van der Waals surface area contributed by atoms with E-state index in [0.29, 0.717) is 32.0 Å². The average molecular weight is 453 g/mol. The Morgan fingerprint density at radius 1 is 0.788 bits per heavy atom. The van der Waals surface area contributed by atoms with E-state index in [-0.39, 0.29) is 24.3 Å². The number of benzene rings is 2. The summed E-state index contributed by atoms with van der Waals surface area (Å²) in [6, 6.07) is 16.3. The van der Waals surface area contributed by atoms with Gasteiger partial charge in [-0.3, -0.25) is 4.79 Å². The highest BCUT2D eigenvalue weighted by atomic mass is 16.6. The minimum atomic E-state index is -0.106.